The molecule has 3 nitrogen and oxygen atoms in total. The van der Waals surface area contributed by atoms with Gasteiger partial charge >= 0.3 is 0 Å². The van der Waals surface area contributed by atoms with Crippen LogP contribution in [0.5, 0.6) is 0 Å². The molecule has 43 heavy (non-hydrogen) atoms. The second-order valence-corrected chi connectivity index (χ2v) is 12.2. The van der Waals surface area contributed by atoms with E-state index in [1.54, 1.807) is 0 Å². The first-order valence-corrected chi connectivity index (χ1v) is 15.9. The van der Waals surface area contributed by atoms with Gasteiger partial charge in [-0.1, -0.05) is 96.5 Å². The standard InChI is InChI=1S/C24H25ClN2.C9H18.C4H6O.C2H6/c1-8-17-12-18(9-10-21(17)27(6)7)16(5)22(14(2)3)23-19-13-26-20(19)11-15(4)24(23)25;1-4-9(5-2)6-8(3)7-9;1-3-4(2)5;1-2/h8-13H,1,5H2,2-4,6-7H3;8H,4-7H2,1-3H3;3H,1H2,2H3;1-2H3. The van der Waals surface area contributed by atoms with Crippen molar-refractivity contribution in [3.8, 4) is 0 Å². The molecule has 234 valence electrons. The summed E-state index contributed by atoms with van der Waals surface area (Å²) in [7, 11) is 4.06. The molecule has 0 atom stereocenters. The lowest BCUT2D eigenvalue weighted by atomic mass is 9.60. The maximum atomic E-state index is 9.69. The summed E-state index contributed by atoms with van der Waals surface area (Å²) < 4.78 is 0. The molecule has 1 aliphatic carbocycles. The van der Waals surface area contributed by atoms with E-state index in [1.807, 2.05) is 53.2 Å². The van der Waals surface area contributed by atoms with Gasteiger partial charge in [0.25, 0.3) is 0 Å². The van der Waals surface area contributed by atoms with Crippen LogP contribution in [0.4, 0.5) is 5.69 Å². The predicted octanol–water partition coefficient (Wildman–Crippen LogP) is 10.2. The van der Waals surface area contributed by atoms with E-state index in [-0.39, 0.29) is 5.78 Å². The van der Waals surface area contributed by atoms with Crippen molar-refractivity contribution in [3.05, 3.63) is 93.5 Å². The van der Waals surface area contributed by atoms with Gasteiger partial charge in [0.05, 0.1) is 10.4 Å². The topological polar surface area (TPSA) is 32.7 Å². The molecule has 0 N–H and O–H groups in total. The Balaban J connectivity index is 0.000000474. The van der Waals surface area contributed by atoms with Crippen molar-refractivity contribution in [3.63, 3.8) is 0 Å². The number of carbonyl (C=O) groups excluding carboxylic acids is 1. The summed E-state index contributed by atoms with van der Waals surface area (Å²) in [4.78, 5) is 16.2. The summed E-state index contributed by atoms with van der Waals surface area (Å²) in [6.45, 7) is 30.3. The number of nitrogens with zero attached hydrogens (tertiary/aromatic N) is 2. The first-order valence-electron chi connectivity index (χ1n) is 15.6. The fraction of sp³-hybridized carbons (Fsp3) is 0.436. The van der Waals surface area contributed by atoms with Crippen LogP contribution in [0.15, 0.2) is 60.6 Å². The first kappa shape index (κ1) is 37.9. The summed E-state index contributed by atoms with van der Waals surface area (Å²) in [6.07, 6.45) is 10.8. The number of ketones is 1. The van der Waals surface area contributed by atoms with Gasteiger partial charge in [-0.15, -0.1) is 0 Å². The van der Waals surface area contributed by atoms with Crippen molar-refractivity contribution in [2.45, 2.75) is 88.0 Å². The monoisotopic (exact) mass is 602 g/mol. The Bertz CT molecular complexity index is 1460. The molecule has 0 unspecified atom stereocenters. The largest absolute Gasteiger partial charge is 0.377 e. The van der Waals surface area contributed by atoms with Crippen molar-refractivity contribution < 1.29 is 4.79 Å². The van der Waals surface area contributed by atoms with Gasteiger partial charge in [-0.25, -0.2) is 0 Å². The Hall–Kier alpha value is -3.17. The Morgan fingerprint density at radius 2 is 1.65 bits per heavy atom. The van der Waals surface area contributed by atoms with Crippen molar-refractivity contribution in [2.24, 2.45) is 16.3 Å². The van der Waals surface area contributed by atoms with Gasteiger partial charge in [-0.2, -0.15) is 0 Å². The van der Waals surface area contributed by atoms with Crippen LogP contribution in [0.1, 0.15) is 103 Å². The van der Waals surface area contributed by atoms with Gasteiger partial charge in [-0.3, -0.25) is 9.79 Å². The van der Waals surface area contributed by atoms with E-state index < -0.39 is 0 Å². The Kier molecular flexibility index (Phi) is 15.1. The summed E-state index contributed by atoms with van der Waals surface area (Å²) in [5, 5.41) is 2.86. The number of halogens is 1. The number of benzene rings is 2. The van der Waals surface area contributed by atoms with E-state index >= 15 is 0 Å². The van der Waals surface area contributed by atoms with Gasteiger partial charge in [0, 0.05) is 36.8 Å². The highest BCUT2D eigenvalue weighted by Gasteiger charge is 2.38. The van der Waals surface area contributed by atoms with Gasteiger partial charge < -0.3 is 4.90 Å². The highest BCUT2D eigenvalue weighted by Crippen LogP contribution is 2.50. The average Bonchev–Trinajstić information content (AvgIpc) is 2.96. The first-order chi connectivity index (χ1) is 20.2. The van der Waals surface area contributed by atoms with Crippen LogP contribution in [0.2, 0.25) is 5.02 Å². The normalized spacial score (nSPS) is 13.5. The van der Waals surface area contributed by atoms with Gasteiger partial charge in [0.1, 0.15) is 0 Å². The second kappa shape index (κ2) is 17.2. The summed E-state index contributed by atoms with van der Waals surface area (Å²) in [6, 6.07) is 8.39. The van der Waals surface area contributed by atoms with E-state index in [2.05, 4.69) is 82.4 Å². The lowest BCUT2D eigenvalue weighted by molar-refractivity contribution is -0.112. The van der Waals surface area contributed by atoms with Crippen LogP contribution in [0, 0.1) is 18.3 Å². The average molecular weight is 603 g/mol. The van der Waals surface area contributed by atoms with Crippen molar-refractivity contribution in [1.82, 2.24) is 0 Å². The lowest BCUT2D eigenvalue weighted by Gasteiger charge is -2.45. The fourth-order valence-corrected chi connectivity index (χ4v) is 6.00. The Labute approximate surface area is 267 Å². The molecule has 1 aliphatic heterocycles. The number of fused-ring (bicyclic) bond motifs is 1. The fourth-order valence-electron chi connectivity index (χ4n) is 5.75. The molecule has 1 heterocycles. The van der Waals surface area contributed by atoms with Crippen LogP contribution in [-0.4, -0.2) is 19.9 Å². The quantitative estimate of drug-likeness (QED) is 0.222. The number of hydrogen-bond donors (Lipinski definition) is 0. The third-order valence-corrected chi connectivity index (χ3v) is 8.76. The number of carbonyl (C=O) groups is 1. The minimum atomic E-state index is 0.0185. The van der Waals surface area contributed by atoms with Gasteiger partial charge in [0.2, 0.25) is 0 Å². The molecule has 0 spiro atoms. The maximum Gasteiger partial charge on any atom is 0.152 e. The maximum absolute atomic E-state index is 9.69. The minimum absolute atomic E-state index is 0.0185. The molecule has 4 rings (SSSR count). The zero-order valence-corrected chi connectivity index (χ0v) is 29.5. The SMILES string of the molecule is C=CC(C)=O.C=Cc1cc(C(=C)C(=C(C)C)c2c(Cl)c(C)cc3c2=CN=3)ccc1N(C)C.CC.CCC1(CC)CC(C)C1. The zero-order chi connectivity index (χ0) is 33.1. The van der Waals surface area contributed by atoms with Crippen LogP contribution in [-0.2, 0) is 4.79 Å². The number of rotatable bonds is 8. The van der Waals surface area contributed by atoms with Crippen LogP contribution < -0.4 is 15.5 Å². The molecule has 1 fully saturated rings. The number of hydrogen-bond acceptors (Lipinski definition) is 3. The molecule has 0 saturated heterocycles. The smallest absolute Gasteiger partial charge is 0.152 e. The minimum Gasteiger partial charge on any atom is -0.377 e. The van der Waals surface area contributed by atoms with E-state index in [9.17, 15) is 4.79 Å². The summed E-state index contributed by atoms with van der Waals surface area (Å²) >= 11 is 6.74. The van der Waals surface area contributed by atoms with Crippen LogP contribution >= 0.6 is 11.6 Å². The molecule has 4 heteroatoms. The molecule has 0 bridgehead atoms. The van der Waals surface area contributed by atoms with E-state index in [0.29, 0.717) is 0 Å². The number of aryl methyl sites for hydroxylation is 1. The lowest BCUT2D eigenvalue weighted by Crippen LogP contribution is -2.35. The molecule has 0 radical (unpaired) electrons. The third-order valence-electron chi connectivity index (χ3n) is 8.28. The Morgan fingerprint density at radius 1 is 1.09 bits per heavy atom. The van der Waals surface area contributed by atoms with E-state index in [1.165, 1.54) is 44.3 Å². The van der Waals surface area contributed by atoms with Crippen molar-refractivity contribution in [2.75, 3.05) is 19.0 Å². The zero-order valence-electron chi connectivity index (χ0n) is 28.7. The molecule has 2 aliphatic rings. The van der Waals surface area contributed by atoms with Crippen molar-refractivity contribution in [1.29, 1.82) is 0 Å². The molecule has 2 aromatic carbocycles. The number of anilines is 1. The van der Waals surface area contributed by atoms with E-state index in [4.69, 9.17) is 11.6 Å². The van der Waals surface area contributed by atoms with Crippen molar-refractivity contribution >= 4 is 46.5 Å². The molecule has 0 aromatic heterocycles. The molecular weight excluding hydrogens is 548 g/mol. The molecule has 0 amide bonds. The second-order valence-electron chi connectivity index (χ2n) is 11.8. The number of allylic oxidation sites excluding steroid dienone is 4. The Morgan fingerprint density at radius 3 is 2.00 bits per heavy atom. The van der Waals surface area contributed by atoms with E-state index in [0.717, 1.165) is 66.0 Å². The molecule has 2 aromatic rings. The van der Waals surface area contributed by atoms with Gasteiger partial charge in [0.15, 0.2) is 5.78 Å². The van der Waals surface area contributed by atoms with Gasteiger partial charge in [-0.05, 0) is 104 Å². The highest BCUT2D eigenvalue weighted by molar-refractivity contribution is 6.34. The highest BCUT2D eigenvalue weighted by atomic mass is 35.5. The third kappa shape index (κ3) is 9.41. The molecular formula is C39H55ClN2O. The molecule has 1 saturated carbocycles. The predicted molar refractivity (Wildman–Crippen MR) is 193 cm³/mol. The summed E-state index contributed by atoms with van der Waals surface area (Å²) in [5.74, 6) is 1.04. The van der Waals surface area contributed by atoms with Crippen LogP contribution in [0.25, 0.3) is 23.4 Å². The summed E-state index contributed by atoms with van der Waals surface area (Å²) in [5.41, 5.74) is 9.33. The van der Waals surface area contributed by atoms with Crippen LogP contribution in [0.3, 0.4) is 0 Å².